The summed E-state index contributed by atoms with van der Waals surface area (Å²) in [6.07, 6.45) is -12.7. The van der Waals surface area contributed by atoms with Crippen molar-refractivity contribution < 1.29 is 150 Å². The summed E-state index contributed by atoms with van der Waals surface area (Å²) in [7, 11) is 0. The van der Waals surface area contributed by atoms with Gasteiger partial charge >= 0.3 is 17.9 Å². The second-order valence-corrected chi connectivity index (χ2v) is 22.4. The molecule has 3 aliphatic rings. The van der Waals surface area contributed by atoms with Crippen LogP contribution in [0.5, 0.6) is 138 Å². The number of benzene rings is 9. The highest BCUT2D eigenvalue weighted by Crippen LogP contribution is 2.64. The molecule has 494 valence electrons. The molecule has 9 aromatic rings. The molecular formula is C66H50O30. The number of hydrogen-bond acceptors (Lipinski definition) is 30. The van der Waals surface area contributed by atoms with Gasteiger partial charge in [0.2, 0.25) is 0 Å². The number of carbonyl (C=O) groups is 3. The summed E-state index contributed by atoms with van der Waals surface area (Å²) >= 11 is 0. The van der Waals surface area contributed by atoms with Crippen LogP contribution in [0.4, 0.5) is 0 Å². The lowest BCUT2D eigenvalue weighted by Crippen LogP contribution is -2.42. The molecule has 0 bridgehead atoms. The van der Waals surface area contributed by atoms with Crippen LogP contribution < -0.4 is 14.2 Å². The van der Waals surface area contributed by atoms with Gasteiger partial charge in [-0.3, -0.25) is 0 Å². The van der Waals surface area contributed by atoms with E-state index in [0.29, 0.717) is 36.4 Å². The molecule has 0 unspecified atom stereocenters. The van der Waals surface area contributed by atoms with E-state index >= 15 is 0 Å². The second kappa shape index (κ2) is 23.4. The molecule has 30 heteroatoms. The maximum Gasteiger partial charge on any atom is 0.338 e. The van der Waals surface area contributed by atoms with Crippen LogP contribution in [-0.4, -0.2) is 143 Å². The minimum absolute atomic E-state index is 0.160. The minimum atomic E-state index is -2.27. The zero-order chi connectivity index (χ0) is 68.9. The third-order valence-electron chi connectivity index (χ3n) is 16.4. The van der Waals surface area contributed by atoms with Gasteiger partial charge in [0, 0.05) is 75.2 Å². The Morgan fingerprint density at radius 2 is 0.656 bits per heavy atom. The van der Waals surface area contributed by atoms with Gasteiger partial charge in [0.15, 0.2) is 117 Å². The molecule has 0 saturated heterocycles. The molecule has 0 radical (unpaired) electrons. The van der Waals surface area contributed by atoms with Gasteiger partial charge in [0.1, 0.15) is 57.8 Å². The molecule has 0 amide bonds. The minimum Gasteiger partial charge on any atom is -0.508 e. The third-order valence-corrected chi connectivity index (χ3v) is 16.4. The summed E-state index contributed by atoms with van der Waals surface area (Å²) in [5.74, 6) is -30.4. The summed E-state index contributed by atoms with van der Waals surface area (Å²) in [5.41, 5.74) is -5.75. The van der Waals surface area contributed by atoms with Gasteiger partial charge in [-0.05, 0) is 72.8 Å². The van der Waals surface area contributed by atoms with Gasteiger partial charge in [0.05, 0.1) is 28.5 Å². The maximum atomic E-state index is 14.9. The Labute approximate surface area is 535 Å². The van der Waals surface area contributed by atoms with Crippen molar-refractivity contribution in [2.75, 3.05) is 0 Å². The molecular weight excluding hydrogens is 1270 g/mol. The number of ether oxygens (including phenoxy) is 6. The van der Waals surface area contributed by atoms with Gasteiger partial charge in [-0.1, -0.05) is 18.2 Å². The van der Waals surface area contributed by atoms with Crippen molar-refractivity contribution in [2.45, 2.75) is 54.9 Å². The highest BCUT2D eigenvalue weighted by atomic mass is 16.6. The maximum absolute atomic E-state index is 14.9. The van der Waals surface area contributed by atoms with Gasteiger partial charge in [0.25, 0.3) is 0 Å². The Morgan fingerprint density at radius 3 is 1.07 bits per heavy atom. The molecule has 3 aliphatic heterocycles. The Bertz CT molecular complexity index is 4680. The number of esters is 3. The lowest BCUT2D eigenvalue weighted by atomic mass is 9.73. The van der Waals surface area contributed by atoms with Crippen LogP contribution in [-0.2, 0) is 20.6 Å². The van der Waals surface area contributed by atoms with Crippen LogP contribution in [0.25, 0.3) is 0 Å². The standard InChI is InChI=1S/C66H50O30/c67-27-16-36(75)48-46(17-27)91-58(22-2-5-30(69)34(73)8-22)62(95-65(89)25-12-42(81)55(86)43(82)13-25)52(48)50-38(77)20-39(78)51-53(63(96-66(90)26-14-44(83)56(87)45(84)15-26)59(94-61(50)51)23-3-6-31(70)35(74)9-23)49-37(76)19-32(71)28-18-47(92-64(88)24-10-40(79)54(85)41(80)11-24)57(93-60(28)49)21-1-4-29(68)33(72)7-21/h1-17,19-20,47,52-53,57-59,62-63,67-87H,18H2/t47-,52+,53+,57+,58-,59+,62-,63+/m1/s1. The van der Waals surface area contributed by atoms with Crippen LogP contribution in [0.1, 0.15) is 106 Å². The Hall–Kier alpha value is -13.4. The van der Waals surface area contributed by atoms with Gasteiger partial charge < -0.3 is 136 Å². The van der Waals surface area contributed by atoms with E-state index in [1.54, 1.807) is 0 Å². The smallest absolute Gasteiger partial charge is 0.338 e. The number of phenols is 21. The number of phenolic OH excluding ortho intramolecular Hbond substituents is 21. The summed E-state index contributed by atoms with van der Waals surface area (Å²) in [6.45, 7) is 0. The van der Waals surface area contributed by atoms with E-state index in [4.69, 9.17) is 28.4 Å². The van der Waals surface area contributed by atoms with E-state index in [9.17, 15) is 122 Å². The van der Waals surface area contributed by atoms with Gasteiger partial charge in [-0.2, -0.15) is 0 Å². The number of carbonyl (C=O) groups excluding carboxylic acids is 3. The Kier molecular flexibility index (Phi) is 15.3. The average Bonchev–Trinajstić information content (AvgIpc) is 0.708. The summed E-state index contributed by atoms with van der Waals surface area (Å²) in [6, 6.07) is 16.1. The van der Waals surface area contributed by atoms with Crippen molar-refractivity contribution in [3.8, 4) is 138 Å². The number of aromatic hydroxyl groups is 21. The number of rotatable bonds is 11. The number of hydrogen-bond donors (Lipinski definition) is 21. The lowest BCUT2D eigenvalue weighted by Gasteiger charge is -2.44. The normalized spacial score (nSPS) is 19.2. The van der Waals surface area contributed by atoms with Crippen LogP contribution in [0, 0.1) is 0 Å². The molecule has 0 spiro atoms. The van der Waals surface area contributed by atoms with Gasteiger partial charge in [-0.15, -0.1) is 0 Å². The molecule has 0 fully saturated rings. The summed E-state index contributed by atoms with van der Waals surface area (Å²) in [5, 5.41) is 232. The zero-order valence-electron chi connectivity index (χ0n) is 48.4. The number of fused-ring (bicyclic) bond motifs is 3. The Morgan fingerprint density at radius 1 is 0.312 bits per heavy atom. The van der Waals surface area contributed by atoms with Crippen molar-refractivity contribution in [2.24, 2.45) is 0 Å². The first-order chi connectivity index (χ1) is 45.5. The van der Waals surface area contributed by atoms with Crippen LogP contribution >= 0.6 is 0 Å². The van der Waals surface area contributed by atoms with E-state index in [0.717, 1.165) is 72.8 Å². The van der Waals surface area contributed by atoms with E-state index in [1.165, 1.54) is 6.07 Å². The summed E-state index contributed by atoms with van der Waals surface area (Å²) in [4.78, 5) is 43.7. The quantitative estimate of drug-likeness (QED) is 0.0341. The molecule has 0 aliphatic carbocycles. The Balaban J connectivity index is 1.16. The monoisotopic (exact) mass is 1320 g/mol. The predicted octanol–water partition coefficient (Wildman–Crippen LogP) is 7.39. The van der Waals surface area contributed by atoms with Crippen molar-refractivity contribution >= 4 is 17.9 Å². The third kappa shape index (κ3) is 10.8. The van der Waals surface area contributed by atoms with Crippen molar-refractivity contribution in [3.05, 3.63) is 176 Å². The predicted molar refractivity (Wildman–Crippen MR) is 318 cm³/mol. The first-order valence-corrected chi connectivity index (χ1v) is 28.1. The molecule has 9 aromatic carbocycles. The van der Waals surface area contributed by atoms with Crippen LogP contribution in [0.2, 0.25) is 0 Å². The van der Waals surface area contributed by atoms with Crippen LogP contribution in [0.15, 0.2) is 115 Å². The molecule has 3 heterocycles. The van der Waals surface area contributed by atoms with Crippen LogP contribution in [0.3, 0.4) is 0 Å². The first kappa shape index (κ1) is 62.8. The van der Waals surface area contributed by atoms with E-state index in [1.807, 2.05) is 0 Å². The molecule has 96 heavy (non-hydrogen) atoms. The van der Waals surface area contributed by atoms with E-state index in [-0.39, 0.29) is 16.7 Å². The fourth-order valence-electron chi connectivity index (χ4n) is 12.0. The summed E-state index contributed by atoms with van der Waals surface area (Å²) < 4.78 is 38.4. The average molecular weight is 1320 g/mol. The zero-order valence-corrected chi connectivity index (χ0v) is 48.4. The second-order valence-electron chi connectivity index (χ2n) is 22.4. The molecule has 30 nitrogen and oxygen atoms in total. The van der Waals surface area contributed by atoms with Crippen molar-refractivity contribution in [1.82, 2.24) is 0 Å². The largest absolute Gasteiger partial charge is 0.508 e. The molecule has 8 atom stereocenters. The molecule has 0 aromatic heterocycles. The van der Waals surface area contributed by atoms with E-state index in [2.05, 4.69) is 0 Å². The van der Waals surface area contributed by atoms with Crippen molar-refractivity contribution in [3.63, 3.8) is 0 Å². The SMILES string of the molecule is O=C(O[C@@H]1[C@H](c2c(O)cc(O)c3c2O[C@@H](c2ccc(O)c(O)c2)[C@@H](OC(=O)c2cc(O)c(O)c(O)c2)[C@H]3c2c(O)cc(O)c3c2O[C@@H](c2ccc(O)c(O)c2)[C@H](OC(=O)c2cc(O)c(O)c(O)c2)C3)c2c(O)cc(O)cc2O[C@@H]1c1ccc(O)c(O)c1)c1cc(O)c(O)c(O)c1. The fraction of sp³-hybridized carbons (Fsp3) is 0.136. The van der Waals surface area contributed by atoms with E-state index < -0.39 is 255 Å². The highest BCUT2D eigenvalue weighted by Gasteiger charge is 2.54. The highest BCUT2D eigenvalue weighted by molar-refractivity contribution is 5.93. The topological polar surface area (TPSA) is 531 Å². The fourth-order valence-corrected chi connectivity index (χ4v) is 12.0. The van der Waals surface area contributed by atoms with Gasteiger partial charge in [-0.25, -0.2) is 14.4 Å². The first-order valence-electron chi connectivity index (χ1n) is 28.1. The molecule has 21 N–H and O–H groups in total. The molecule has 12 rings (SSSR count). The molecule has 0 saturated carbocycles. The lowest BCUT2D eigenvalue weighted by molar-refractivity contribution is -0.0345. The van der Waals surface area contributed by atoms with Crippen molar-refractivity contribution in [1.29, 1.82) is 0 Å².